The van der Waals surface area contributed by atoms with E-state index in [2.05, 4.69) is 10.6 Å². The van der Waals surface area contributed by atoms with Crippen molar-refractivity contribution in [1.82, 2.24) is 10.2 Å². The van der Waals surface area contributed by atoms with E-state index in [9.17, 15) is 9.59 Å². The Labute approximate surface area is 124 Å². The molecule has 0 heterocycles. The van der Waals surface area contributed by atoms with Crippen LogP contribution in [0.1, 0.15) is 12.8 Å². The minimum absolute atomic E-state index is 0.0326. The van der Waals surface area contributed by atoms with Gasteiger partial charge in [0.2, 0.25) is 11.8 Å². The van der Waals surface area contributed by atoms with E-state index in [0.717, 1.165) is 13.0 Å². The SMILES string of the molecule is CNCCCC(=O)N(C)CC(=O)Nc1cccc(Cl)c1. The van der Waals surface area contributed by atoms with Crippen LogP contribution in [-0.2, 0) is 9.59 Å². The lowest BCUT2D eigenvalue weighted by molar-refractivity contribution is -0.133. The Morgan fingerprint density at radius 2 is 2.10 bits per heavy atom. The topological polar surface area (TPSA) is 61.4 Å². The summed E-state index contributed by atoms with van der Waals surface area (Å²) in [6.45, 7) is 0.819. The third kappa shape index (κ3) is 6.04. The molecule has 0 radical (unpaired) electrons. The Morgan fingerprint density at radius 1 is 1.35 bits per heavy atom. The van der Waals surface area contributed by atoms with Crippen LogP contribution in [0.3, 0.4) is 0 Å². The van der Waals surface area contributed by atoms with Crippen molar-refractivity contribution in [2.24, 2.45) is 0 Å². The highest BCUT2D eigenvalue weighted by atomic mass is 35.5. The van der Waals surface area contributed by atoms with Crippen LogP contribution in [0.4, 0.5) is 5.69 Å². The number of halogens is 1. The molecule has 110 valence electrons. The van der Waals surface area contributed by atoms with E-state index in [1.165, 1.54) is 4.90 Å². The quantitative estimate of drug-likeness (QED) is 0.754. The second kappa shape index (κ2) is 8.55. The van der Waals surface area contributed by atoms with Crippen LogP contribution in [0.5, 0.6) is 0 Å². The standard InChI is InChI=1S/C14H20ClN3O2/c1-16-8-4-7-14(20)18(2)10-13(19)17-12-6-3-5-11(15)9-12/h3,5-6,9,16H,4,7-8,10H2,1-2H3,(H,17,19). The van der Waals surface area contributed by atoms with Gasteiger partial charge in [-0.1, -0.05) is 17.7 Å². The van der Waals surface area contributed by atoms with Crippen LogP contribution in [0.25, 0.3) is 0 Å². The Bertz CT molecular complexity index is 465. The van der Waals surface area contributed by atoms with Crippen molar-refractivity contribution in [1.29, 1.82) is 0 Å². The first-order valence-electron chi connectivity index (χ1n) is 6.47. The first-order chi connectivity index (χ1) is 9.52. The molecule has 0 spiro atoms. The van der Waals surface area contributed by atoms with E-state index in [4.69, 9.17) is 11.6 Å². The van der Waals surface area contributed by atoms with Crippen LogP contribution < -0.4 is 10.6 Å². The fourth-order valence-electron chi connectivity index (χ4n) is 1.68. The third-order valence-corrected chi connectivity index (χ3v) is 2.97. The molecule has 2 N–H and O–H groups in total. The lowest BCUT2D eigenvalue weighted by Crippen LogP contribution is -2.35. The second-order valence-electron chi connectivity index (χ2n) is 4.52. The molecule has 0 saturated carbocycles. The molecule has 6 heteroatoms. The van der Waals surface area contributed by atoms with Crippen molar-refractivity contribution in [2.45, 2.75) is 12.8 Å². The second-order valence-corrected chi connectivity index (χ2v) is 4.95. The van der Waals surface area contributed by atoms with E-state index >= 15 is 0 Å². The van der Waals surface area contributed by atoms with Gasteiger partial charge in [-0.2, -0.15) is 0 Å². The zero-order chi connectivity index (χ0) is 15.0. The van der Waals surface area contributed by atoms with Gasteiger partial charge in [0.25, 0.3) is 0 Å². The van der Waals surface area contributed by atoms with Crippen LogP contribution in [0.2, 0.25) is 5.02 Å². The number of nitrogens with zero attached hydrogens (tertiary/aromatic N) is 1. The predicted molar refractivity (Wildman–Crippen MR) is 80.9 cm³/mol. The summed E-state index contributed by atoms with van der Waals surface area (Å²) in [7, 11) is 3.46. The number of carbonyl (C=O) groups excluding carboxylic acids is 2. The molecule has 0 bridgehead atoms. The number of nitrogens with one attached hydrogen (secondary N) is 2. The molecular formula is C14H20ClN3O2. The van der Waals surface area contributed by atoms with Gasteiger partial charge in [-0.25, -0.2) is 0 Å². The molecule has 1 rings (SSSR count). The molecule has 0 unspecified atom stereocenters. The number of likely N-dealkylation sites (N-methyl/N-ethyl adjacent to an activating group) is 1. The van der Waals surface area contributed by atoms with Gasteiger partial charge in [0.1, 0.15) is 0 Å². The van der Waals surface area contributed by atoms with Crippen LogP contribution in [0.15, 0.2) is 24.3 Å². The molecule has 0 aliphatic rings. The third-order valence-electron chi connectivity index (χ3n) is 2.73. The summed E-state index contributed by atoms with van der Waals surface area (Å²) in [4.78, 5) is 25.0. The molecule has 1 aromatic rings. The molecular weight excluding hydrogens is 278 g/mol. The highest BCUT2D eigenvalue weighted by molar-refractivity contribution is 6.30. The van der Waals surface area contributed by atoms with Gasteiger partial charge in [0.15, 0.2) is 0 Å². The lowest BCUT2D eigenvalue weighted by atomic mass is 10.2. The van der Waals surface area contributed by atoms with E-state index in [1.807, 2.05) is 7.05 Å². The number of hydrogen-bond acceptors (Lipinski definition) is 3. The Morgan fingerprint density at radius 3 is 2.75 bits per heavy atom. The Kier molecular flexibility index (Phi) is 7.04. The molecule has 20 heavy (non-hydrogen) atoms. The number of anilines is 1. The number of rotatable bonds is 7. The van der Waals surface area contributed by atoms with Gasteiger partial charge >= 0.3 is 0 Å². The molecule has 0 saturated heterocycles. The maximum Gasteiger partial charge on any atom is 0.243 e. The van der Waals surface area contributed by atoms with Gasteiger partial charge in [-0.3, -0.25) is 9.59 Å². The maximum absolute atomic E-state index is 11.8. The first kappa shape index (κ1) is 16.5. The molecule has 0 aliphatic carbocycles. The summed E-state index contributed by atoms with van der Waals surface area (Å²) in [6, 6.07) is 6.89. The number of amides is 2. The van der Waals surface area contributed by atoms with Gasteiger partial charge in [0.05, 0.1) is 6.54 Å². The normalized spacial score (nSPS) is 10.2. The number of hydrogen-bond donors (Lipinski definition) is 2. The molecule has 0 atom stereocenters. The monoisotopic (exact) mass is 297 g/mol. The minimum atomic E-state index is -0.239. The molecule has 5 nitrogen and oxygen atoms in total. The van der Waals surface area contributed by atoms with Crippen LogP contribution in [-0.4, -0.2) is 43.9 Å². The first-order valence-corrected chi connectivity index (χ1v) is 6.84. The number of benzene rings is 1. The summed E-state index contributed by atoms with van der Waals surface area (Å²) in [6.07, 6.45) is 1.19. The van der Waals surface area contributed by atoms with Crippen molar-refractivity contribution >= 4 is 29.1 Å². The van der Waals surface area contributed by atoms with Crippen molar-refractivity contribution in [3.63, 3.8) is 0 Å². The zero-order valence-electron chi connectivity index (χ0n) is 11.8. The van der Waals surface area contributed by atoms with Crippen molar-refractivity contribution in [2.75, 3.05) is 32.5 Å². The fourth-order valence-corrected chi connectivity index (χ4v) is 1.87. The summed E-state index contributed by atoms with van der Waals surface area (Å²) < 4.78 is 0. The largest absolute Gasteiger partial charge is 0.336 e. The van der Waals surface area contributed by atoms with Crippen LogP contribution in [0, 0.1) is 0 Å². The maximum atomic E-state index is 11.8. The molecule has 1 aromatic carbocycles. The number of carbonyl (C=O) groups is 2. The van der Waals surface area contributed by atoms with E-state index in [0.29, 0.717) is 17.1 Å². The van der Waals surface area contributed by atoms with Crippen molar-refractivity contribution in [3.05, 3.63) is 29.3 Å². The van der Waals surface area contributed by atoms with Crippen molar-refractivity contribution in [3.8, 4) is 0 Å². The van der Waals surface area contributed by atoms with Gasteiger partial charge < -0.3 is 15.5 Å². The summed E-state index contributed by atoms with van der Waals surface area (Å²) in [5.41, 5.74) is 0.624. The van der Waals surface area contributed by atoms with Crippen molar-refractivity contribution < 1.29 is 9.59 Å². The summed E-state index contributed by atoms with van der Waals surface area (Å²) in [5.74, 6) is -0.279. The van der Waals surface area contributed by atoms with E-state index < -0.39 is 0 Å². The van der Waals surface area contributed by atoms with Gasteiger partial charge in [0, 0.05) is 24.2 Å². The smallest absolute Gasteiger partial charge is 0.243 e. The average Bonchev–Trinajstić information content (AvgIpc) is 2.38. The lowest BCUT2D eigenvalue weighted by Gasteiger charge is -2.16. The molecule has 0 fully saturated rings. The Hall–Kier alpha value is -1.59. The highest BCUT2D eigenvalue weighted by Crippen LogP contribution is 2.14. The van der Waals surface area contributed by atoms with E-state index in [-0.39, 0.29) is 18.4 Å². The molecule has 0 aromatic heterocycles. The molecule has 0 aliphatic heterocycles. The molecule has 2 amide bonds. The average molecular weight is 298 g/mol. The van der Waals surface area contributed by atoms with E-state index in [1.54, 1.807) is 31.3 Å². The highest BCUT2D eigenvalue weighted by Gasteiger charge is 2.12. The summed E-state index contributed by atoms with van der Waals surface area (Å²) in [5, 5.41) is 6.24. The van der Waals surface area contributed by atoms with Gasteiger partial charge in [-0.05, 0) is 38.2 Å². The fraction of sp³-hybridized carbons (Fsp3) is 0.429. The zero-order valence-corrected chi connectivity index (χ0v) is 12.5. The minimum Gasteiger partial charge on any atom is -0.336 e. The Balaban J connectivity index is 2.39. The van der Waals surface area contributed by atoms with Gasteiger partial charge in [-0.15, -0.1) is 0 Å². The summed E-state index contributed by atoms with van der Waals surface area (Å²) >= 11 is 5.83. The predicted octanol–water partition coefficient (Wildman–Crippen LogP) is 1.74. The van der Waals surface area contributed by atoms with Crippen LogP contribution >= 0.6 is 11.6 Å².